The molecule has 3 rings (SSSR count). The molecule has 0 spiro atoms. The normalized spacial score (nSPS) is 26.9. The second kappa shape index (κ2) is 4.90. The number of fused-ring (bicyclic) bond motifs is 1. The van der Waals surface area contributed by atoms with Crippen molar-refractivity contribution >= 4 is 16.6 Å². The van der Waals surface area contributed by atoms with Crippen LogP contribution < -0.4 is 22.1 Å². The topological polar surface area (TPSA) is 114 Å². The second-order valence-corrected chi connectivity index (χ2v) is 5.29. The molecule has 0 amide bonds. The maximum atomic E-state index is 12.3. The molecular weight excluding hydrogens is 254 g/mol. The zero-order valence-electron chi connectivity index (χ0n) is 11.1. The van der Waals surface area contributed by atoms with Gasteiger partial charge < -0.3 is 22.1 Å². The monoisotopic (exact) mass is 272 g/mol. The molecule has 105 valence electrons. The minimum absolute atomic E-state index is 0.0232. The Hall–Kier alpha value is -1.89. The molecule has 1 fully saturated rings. The smallest absolute Gasteiger partial charge is 0.202 e. The van der Waals surface area contributed by atoms with E-state index in [0.29, 0.717) is 18.5 Å². The fourth-order valence-corrected chi connectivity index (χ4v) is 2.84. The first-order valence-corrected chi connectivity index (χ1v) is 6.67. The highest BCUT2D eigenvalue weighted by molar-refractivity contribution is 5.85. The van der Waals surface area contributed by atoms with Crippen molar-refractivity contribution in [3.8, 4) is 5.75 Å². The summed E-state index contributed by atoms with van der Waals surface area (Å²) in [6, 6.07) is 6.97. The van der Waals surface area contributed by atoms with Gasteiger partial charge in [0, 0.05) is 17.6 Å². The zero-order valence-corrected chi connectivity index (χ0v) is 11.1. The van der Waals surface area contributed by atoms with E-state index in [2.05, 4.69) is 4.98 Å². The van der Waals surface area contributed by atoms with E-state index in [1.54, 1.807) is 29.3 Å². The minimum atomic E-state index is -0.345. The van der Waals surface area contributed by atoms with Gasteiger partial charge in [-0.3, -0.25) is 10.1 Å². The predicted octanol–water partition coefficient (Wildman–Crippen LogP) is 0.876. The number of piperidine rings is 1. The summed E-state index contributed by atoms with van der Waals surface area (Å²) in [4.78, 5) is 6.03. The molecule has 2 aromatic rings. The van der Waals surface area contributed by atoms with E-state index in [-0.39, 0.29) is 24.1 Å². The van der Waals surface area contributed by atoms with E-state index >= 15 is 0 Å². The van der Waals surface area contributed by atoms with Crippen molar-refractivity contribution in [1.82, 2.24) is 4.98 Å². The predicted molar refractivity (Wildman–Crippen MR) is 77.5 cm³/mol. The van der Waals surface area contributed by atoms with Gasteiger partial charge in [0.25, 0.3) is 0 Å². The van der Waals surface area contributed by atoms with Crippen LogP contribution in [0.4, 0.5) is 5.69 Å². The van der Waals surface area contributed by atoms with E-state index < -0.39 is 0 Å². The maximum absolute atomic E-state index is 12.3. The number of nitrogens with two attached hydrogens (primary N) is 3. The Balaban J connectivity index is 2.06. The Labute approximate surface area is 117 Å². The van der Waals surface area contributed by atoms with Gasteiger partial charge in [0.2, 0.25) is 5.75 Å². The molecule has 6 heteroatoms. The summed E-state index contributed by atoms with van der Waals surface area (Å²) < 4.78 is 0. The Morgan fingerprint density at radius 2 is 1.85 bits per heavy atom. The van der Waals surface area contributed by atoms with Crippen LogP contribution in [-0.4, -0.2) is 23.4 Å². The van der Waals surface area contributed by atoms with Gasteiger partial charge in [0.05, 0.1) is 23.5 Å². The Kier molecular flexibility index (Phi) is 3.21. The van der Waals surface area contributed by atoms with Crippen molar-refractivity contribution < 1.29 is 5.11 Å². The molecule has 1 aliphatic heterocycles. The summed E-state index contributed by atoms with van der Waals surface area (Å²) in [6.45, 7) is 0. The molecule has 2 atom stereocenters. The van der Waals surface area contributed by atoms with E-state index in [0.717, 1.165) is 10.9 Å². The van der Waals surface area contributed by atoms with Crippen LogP contribution in [0.1, 0.15) is 12.8 Å². The summed E-state index contributed by atoms with van der Waals surface area (Å²) in [6.07, 6.45) is 2.24. The van der Waals surface area contributed by atoms with Crippen LogP contribution in [0.2, 0.25) is 0 Å². The van der Waals surface area contributed by atoms with Crippen LogP contribution in [0.15, 0.2) is 30.5 Å². The highest BCUT2D eigenvalue weighted by atomic mass is 16.3. The van der Waals surface area contributed by atoms with Gasteiger partial charge in [-0.1, -0.05) is 6.07 Å². The van der Waals surface area contributed by atoms with Crippen LogP contribution in [0, 0.1) is 0 Å². The summed E-state index contributed by atoms with van der Waals surface area (Å²) in [5.41, 5.74) is 19.4. The van der Waals surface area contributed by atoms with Crippen LogP contribution in [0.3, 0.4) is 0 Å². The molecule has 1 radical (unpaired) electrons. The number of anilines is 1. The largest absolute Gasteiger partial charge is 0.338 e. The van der Waals surface area contributed by atoms with Crippen LogP contribution in [0.5, 0.6) is 5.75 Å². The lowest BCUT2D eigenvalue weighted by Crippen LogP contribution is -2.60. The third kappa shape index (κ3) is 2.18. The fraction of sp³-hybridized carbons (Fsp3) is 0.357. The van der Waals surface area contributed by atoms with Crippen molar-refractivity contribution in [3.63, 3.8) is 0 Å². The van der Waals surface area contributed by atoms with Crippen LogP contribution in [0.25, 0.3) is 10.9 Å². The van der Waals surface area contributed by atoms with Gasteiger partial charge in [-0.25, -0.2) is 0 Å². The summed E-state index contributed by atoms with van der Waals surface area (Å²) in [7, 11) is 0. The number of nitrogens with zero attached hydrogens (tertiary/aromatic N) is 2. The molecule has 1 aromatic heterocycles. The van der Waals surface area contributed by atoms with Gasteiger partial charge >= 0.3 is 0 Å². The number of pyridine rings is 1. The average molecular weight is 272 g/mol. The first-order chi connectivity index (χ1) is 9.56. The lowest BCUT2D eigenvalue weighted by molar-refractivity contribution is 0.329. The Morgan fingerprint density at radius 1 is 1.15 bits per heavy atom. The van der Waals surface area contributed by atoms with Crippen molar-refractivity contribution in [2.45, 2.75) is 31.2 Å². The van der Waals surface area contributed by atoms with Gasteiger partial charge in [-0.05, 0) is 31.0 Å². The number of hydrogen-bond acceptors (Lipinski definition) is 5. The average Bonchev–Trinajstić information content (AvgIpc) is 2.38. The van der Waals surface area contributed by atoms with Crippen molar-refractivity contribution in [2.75, 3.05) is 4.90 Å². The Bertz CT molecular complexity index is 620. The SMILES string of the molecule is NC1CC(N)N(c2cc3ncccc3cc2[O])C(N)C1. The molecular formula is C14H18N5O. The molecule has 2 unspecified atom stereocenters. The third-order valence-electron chi connectivity index (χ3n) is 3.76. The molecule has 1 saturated heterocycles. The van der Waals surface area contributed by atoms with E-state index in [1.165, 1.54) is 0 Å². The van der Waals surface area contributed by atoms with Gasteiger partial charge in [0.1, 0.15) is 0 Å². The molecule has 0 bridgehead atoms. The molecule has 1 aromatic carbocycles. The first-order valence-electron chi connectivity index (χ1n) is 6.67. The minimum Gasteiger partial charge on any atom is -0.338 e. The summed E-state index contributed by atoms with van der Waals surface area (Å²) >= 11 is 0. The van der Waals surface area contributed by atoms with Gasteiger partial charge in [0.15, 0.2) is 0 Å². The number of benzene rings is 1. The maximum Gasteiger partial charge on any atom is 0.202 e. The van der Waals surface area contributed by atoms with Crippen molar-refractivity contribution in [3.05, 3.63) is 30.5 Å². The lowest BCUT2D eigenvalue weighted by Gasteiger charge is -2.42. The van der Waals surface area contributed by atoms with E-state index in [9.17, 15) is 5.11 Å². The van der Waals surface area contributed by atoms with Crippen molar-refractivity contribution in [1.29, 1.82) is 0 Å². The third-order valence-corrected chi connectivity index (χ3v) is 3.76. The van der Waals surface area contributed by atoms with Gasteiger partial charge in [-0.2, -0.15) is 0 Å². The molecule has 0 aliphatic carbocycles. The standard InChI is InChI=1S/C14H18N5O/c15-9-5-13(16)19(14(17)6-9)11-7-10-8(4-12(11)20)2-1-3-18-10/h1-4,7,9,13-14H,5-6,15-17H2. The highest BCUT2D eigenvalue weighted by Gasteiger charge is 2.32. The number of aromatic nitrogens is 1. The number of hydrogen-bond donors (Lipinski definition) is 3. The molecule has 0 saturated carbocycles. The summed E-state index contributed by atoms with van der Waals surface area (Å²) in [5.74, 6) is -0.0909. The fourth-order valence-electron chi connectivity index (χ4n) is 2.84. The Morgan fingerprint density at radius 3 is 2.55 bits per heavy atom. The molecule has 6 nitrogen and oxygen atoms in total. The quantitative estimate of drug-likeness (QED) is 0.712. The van der Waals surface area contributed by atoms with Gasteiger partial charge in [-0.15, -0.1) is 0 Å². The van der Waals surface area contributed by atoms with E-state index in [1.807, 2.05) is 6.07 Å². The molecule has 2 heterocycles. The zero-order chi connectivity index (χ0) is 14.3. The first kappa shape index (κ1) is 13.1. The molecule has 20 heavy (non-hydrogen) atoms. The number of rotatable bonds is 1. The second-order valence-electron chi connectivity index (χ2n) is 5.29. The molecule has 6 N–H and O–H groups in total. The molecule has 1 aliphatic rings. The van der Waals surface area contributed by atoms with E-state index in [4.69, 9.17) is 17.2 Å². The van der Waals surface area contributed by atoms with Crippen LogP contribution >= 0.6 is 0 Å². The highest BCUT2D eigenvalue weighted by Crippen LogP contribution is 2.35. The summed E-state index contributed by atoms with van der Waals surface area (Å²) in [5, 5.41) is 13.1. The van der Waals surface area contributed by atoms with Crippen LogP contribution in [-0.2, 0) is 5.11 Å². The lowest BCUT2D eigenvalue weighted by atomic mass is 9.99. The van der Waals surface area contributed by atoms with Crippen molar-refractivity contribution in [2.24, 2.45) is 17.2 Å².